The average Bonchev–Trinajstić information content (AvgIpc) is 2.90. The van der Waals surface area contributed by atoms with Crippen molar-refractivity contribution in [3.63, 3.8) is 0 Å². The highest BCUT2D eigenvalue weighted by Crippen LogP contribution is 2.38. The van der Waals surface area contributed by atoms with Crippen molar-refractivity contribution in [3.05, 3.63) is 64.2 Å². The molecular weight excluding hydrogens is 298 g/mol. The molecule has 0 spiro atoms. The summed E-state index contributed by atoms with van der Waals surface area (Å²) >= 11 is 8.14. The van der Waals surface area contributed by atoms with Gasteiger partial charge in [0.05, 0.1) is 0 Å². The molecule has 1 nitrogen and oxygen atoms in total. The molecule has 2 aromatic rings. The first-order valence-corrected chi connectivity index (χ1v) is 8.91. The van der Waals surface area contributed by atoms with Crippen molar-refractivity contribution < 1.29 is 0 Å². The molecule has 0 amide bonds. The van der Waals surface area contributed by atoms with Crippen LogP contribution in [0.5, 0.6) is 0 Å². The number of rotatable bonds is 2. The van der Waals surface area contributed by atoms with E-state index in [2.05, 4.69) is 41.7 Å². The molecule has 4 rings (SSSR count). The molecule has 0 saturated carbocycles. The molecular formula is C18H18ClNS. The van der Waals surface area contributed by atoms with Crippen LogP contribution in [0.4, 0.5) is 0 Å². The Hall–Kier alpha value is -0.960. The number of hydrogen-bond acceptors (Lipinski definition) is 2. The van der Waals surface area contributed by atoms with Gasteiger partial charge >= 0.3 is 0 Å². The smallest absolute Gasteiger partial charge is 0.0410 e. The lowest BCUT2D eigenvalue weighted by molar-refractivity contribution is 0.430. The summed E-state index contributed by atoms with van der Waals surface area (Å²) in [4.78, 5) is 1.39. The van der Waals surface area contributed by atoms with Gasteiger partial charge in [0.15, 0.2) is 0 Å². The van der Waals surface area contributed by atoms with Gasteiger partial charge in [0.25, 0.3) is 0 Å². The van der Waals surface area contributed by atoms with Gasteiger partial charge in [0.1, 0.15) is 0 Å². The van der Waals surface area contributed by atoms with Crippen LogP contribution in [-0.4, -0.2) is 11.8 Å². The SMILES string of the molecule is Clc1ccc2c(c1)C(NC1Cc3ccccc3C1)CCS2. The van der Waals surface area contributed by atoms with Crippen molar-refractivity contribution in [2.45, 2.75) is 36.2 Å². The first-order valence-electron chi connectivity index (χ1n) is 7.55. The third-order valence-electron chi connectivity index (χ3n) is 4.50. The van der Waals surface area contributed by atoms with Crippen molar-refractivity contribution in [3.8, 4) is 0 Å². The minimum absolute atomic E-state index is 0.444. The number of hydrogen-bond donors (Lipinski definition) is 1. The molecule has 0 bridgehead atoms. The van der Waals surface area contributed by atoms with Crippen LogP contribution < -0.4 is 5.32 Å². The third-order valence-corrected chi connectivity index (χ3v) is 5.86. The van der Waals surface area contributed by atoms with Crippen molar-refractivity contribution in [2.24, 2.45) is 0 Å². The Bertz CT molecular complexity index is 645. The summed E-state index contributed by atoms with van der Waals surface area (Å²) in [5.74, 6) is 1.19. The van der Waals surface area contributed by atoms with E-state index in [0.717, 1.165) is 17.9 Å². The molecule has 21 heavy (non-hydrogen) atoms. The van der Waals surface area contributed by atoms with Crippen molar-refractivity contribution in [2.75, 3.05) is 5.75 Å². The largest absolute Gasteiger partial charge is 0.306 e. The van der Waals surface area contributed by atoms with E-state index in [1.165, 1.54) is 33.8 Å². The Morgan fingerprint density at radius 2 is 1.81 bits per heavy atom. The van der Waals surface area contributed by atoms with Crippen LogP contribution in [0, 0.1) is 0 Å². The quantitative estimate of drug-likeness (QED) is 0.867. The zero-order chi connectivity index (χ0) is 14.2. The van der Waals surface area contributed by atoms with Crippen LogP contribution in [0.25, 0.3) is 0 Å². The second-order valence-electron chi connectivity index (χ2n) is 5.91. The summed E-state index contributed by atoms with van der Waals surface area (Å²) < 4.78 is 0. The highest BCUT2D eigenvalue weighted by atomic mass is 35.5. The number of thioether (sulfide) groups is 1. The highest BCUT2D eigenvalue weighted by Gasteiger charge is 2.27. The maximum Gasteiger partial charge on any atom is 0.0410 e. The molecule has 3 heteroatoms. The van der Waals surface area contributed by atoms with E-state index in [-0.39, 0.29) is 0 Å². The fraction of sp³-hybridized carbons (Fsp3) is 0.333. The highest BCUT2D eigenvalue weighted by molar-refractivity contribution is 7.99. The zero-order valence-corrected chi connectivity index (χ0v) is 13.4. The molecule has 1 heterocycles. The minimum Gasteiger partial charge on any atom is -0.306 e. The molecule has 2 aromatic carbocycles. The van der Waals surface area contributed by atoms with Crippen LogP contribution in [0.2, 0.25) is 5.02 Å². The van der Waals surface area contributed by atoms with Crippen LogP contribution >= 0.6 is 23.4 Å². The summed E-state index contributed by atoms with van der Waals surface area (Å²) in [6.45, 7) is 0. The van der Waals surface area contributed by atoms with Gasteiger partial charge in [-0.25, -0.2) is 0 Å². The molecule has 1 aliphatic heterocycles. The van der Waals surface area contributed by atoms with Gasteiger partial charge in [-0.05, 0) is 59.9 Å². The van der Waals surface area contributed by atoms with E-state index >= 15 is 0 Å². The normalized spacial score (nSPS) is 21.1. The Kier molecular flexibility index (Phi) is 3.70. The Balaban J connectivity index is 1.54. The monoisotopic (exact) mass is 315 g/mol. The van der Waals surface area contributed by atoms with Gasteiger partial charge < -0.3 is 5.32 Å². The van der Waals surface area contributed by atoms with Gasteiger partial charge in [-0.15, -0.1) is 11.8 Å². The fourth-order valence-corrected chi connectivity index (χ4v) is 4.79. The minimum atomic E-state index is 0.444. The zero-order valence-electron chi connectivity index (χ0n) is 11.8. The molecule has 0 radical (unpaired) electrons. The number of benzene rings is 2. The Morgan fingerprint density at radius 1 is 1.05 bits per heavy atom. The predicted molar refractivity (Wildman–Crippen MR) is 90.3 cm³/mol. The van der Waals surface area contributed by atoms with E-state index < -0.39 is 0 Å². The maximum atomic E-state index is 6.19. The van der Waals surface area contributed by atoms with Gasteiger partial charge in [0, 0.05) is 22.0 Å². The van der Waals surface area contributed by atoms with Crippen molar-refractivity contribution >= 4 is 23.4 Å². The van der Waals surface area contributed by atoms with Gasteiger partial charge in [0.2, 0.25) is 0 Å². The number of halogens is 1. The second-order valence-corrected chi connectivity index (χ2v) is 7.49. The summed E-state index contributed by atoms with van der Waals surface area (Å²) in [5, 5.41) is 4.72. The average molecular weight is 316 g/mol. The van der Waals surface area contributed by atoms with Gasteiger partial charge in [-0.2, -0.15) is 0 Å². The standard InChI is InChI=1S/C18H18ClNS/c19-14-5-6-18-16(11-14)17(7-8-21-18)20-15-9-12-3-1-2-4-13(12)10-15/h1-6,11,15,17,20H,7-10H2. The second kappa shape index (κ2) is 5.68. The lowest BCUT2D eigenvalue weighted by atomic mass is 10.0. The van der Waals surface area contributed by atoms with E-state index in [4.69, 9.17) is 11.6 Å². The Labute approximate surface area is 135 Å². The molecule has 1 aliphatic carbocycles. The lowest BCUT2D eigenvalue weighted by Gasteiger charge is -2.29. The maximum absolute atomic E-state index is 6.19. The first-order chi connectivity index (χ1) is 10.3. The Morgan fingerprint density at radius 3 is 2.57 bits per heavy atom. The van der Waals surface area contributed by atoms with Crippen molar-refractivity contribution in [1.82, 2.24) is 5.32 Å². The fourth-order valence-electron chi connectivity index (χ4n) is 3.50. The number of nitrogens with one attached hydrogen (secondary N) is 1. The van der Waals surface area contributed by atoms with Crippen LogP contribution in [-0.2, 0) is 12.8 Å². The van der Waals surface area contributed by atoms with E-state index in [1.54, 1.807) is 0 Å². The van der Waals surface area contributed by atoms with E-state index in [0.29, 0.717) is 12.1 Å². The molecule has 0 saturated heterocycles. The van der Waals surface area contributed by atoms with Gasteiger partial charge in [-0.1, -0.05) is 35.9 Å². The molecule has 2 aliphatic rings. The van der Waals surface area contributed by atoms with E-state index in [9.17, 15) is 0 Å². The molecule has 1 atom stereocenters. The molecule has 0 fully saturated rings. The van der Waals surface area contributed by atoms with Crippen LogP contribution in [0.15, 0.2) is 47.4 Å². The topological polar surface area (TPSA) is 12.0 Å². The molecule has 0 aromatic heterocycles. The van der Waals surface area contributed by atoms with Crippen LogP contribution in [0.1, 0.15) is 29.2 Å². The number of fused-ring (bicyclic) bond motifs is 2. The third kappa shape index (κ3) is 2.73. The summed E-state index contributed by atoms with van der Waals surface area (Å²) in [6.07, 6.45) is 3.48. The molecule has 1 unspecified atom stereocenters. The molecule has 1 N–H and O–H groups in total. The first kappa shape index (κ1) is 13.7. The molecule has 108 valence electrons. The van der Waals surface area contributed by atoms with Crippen molar-refractivity contribution in [1.29, 1.82) is 0 Å². The van der Waals surface area contributed by atoms with E-state index in [1.807, 2.05) is 17.8 Å². The van der Waals surface area contributed by atoms with Gasteiger partial charge in [-0.3, -0.25) is 0 Å². The van der Waals surface area contributed by atoms with Crippen LogP contribution in [0.3, 0.4) is 0 Å². The summed E-state index contributed by atoms with van der Waals surface area (Å²) in [5.41, 5.74) is 4.40. The summed E-state index contributed by atoms with van der Waals surface area (Å²) in [7, 11) is 0. The summed E-state index contributed by atoms with van der Waals surface area (Å²) in [6, 6.07) is 16.1. The lowest BCUT2D eigenvalue weighted by Crippen LogP contribution is -2.35. The predicted octanol–water partition coefficient (Wildman–Crippen LogP) is 4.63.